The van der Waals surface area contributed by atoms with Gasteiger partial charge in [-0.2, -0.15) is 5.10 Å². The fourth-order valence-electron chi connectivity index (χ4n) is 4.77. The van der Waals surface area contributed by atoms with Crippen molar-refractivity contribution in [1.29, 1.82) is 0 Å². The molecule has 0 aliphatic carbocycles. The van der Waals surface area contributed by atoms with Gasteiger partial charge in [-0.15, -0.1) is 0 Å². The number of fused-ring (bicyclic) bond motifs is 1. The molecule has 31 heavy (non-hydrogen) atoms. The van der Waals surface area contributed by atoms with E-state index >= 15 is 0 Å². The highest BCUT2D eigenvalue weighted by molar-refractivity contribution is 5.87. The standard InChI is InChI=1S/C25H36N4O2/c1-17-7-10-23(28(14-17)24(30)31-25(3,4)5)19-8-9-20-16-29(26-21(20)13-19)22-11-12-27(6)15-18(22)2/h8-10,13,16-18,22H,7,11-12,14-15H2,1-6H3/t17-,18-,22?/m0/s1. The van der Waals surface area contributed by atoms with Crippen molar-refractivity contribution >= 4 is 22.7 Å². The van der Waals surface area contributed by atoms with Gasteiger partial charge in [0.2, 0.25) is 0 Å². The molecular weight excluding hydrogens is 388 g/mol. The monoisotopic (exact) mass is 424 g/mol. The zero-order valence-corrected chi connectivity index (χ0v) is 19.8. The summed E-state index contributed by atoms with van der Waals surface area (Å²) in [5, 5.41) is 6.09. The second kappa shape index (κ2) is 8.30. The third-order valence-electron chi connectivity index (χ3n) is 6.34. The molecule has 2 aliphatic heterocycles. The summed E-state index contributed by atoms with van der Waals surface area (Å²) in [6.45, 7) is 13.1. The van der Waals surface area contributed by atoms with Crippen LogP contribution in [0.3, 0.4) is 0 Å². The third kappa shape index (κ3) is 4.79. The molecule has 0 bridgehead atoms. The fraction of sp³-hybridized carbons (Fsp3) is 0.600. The topological polar surface area (TPSA) is 50.6 Å². The molecular formula is C25H36N4O2. The minimum Gasteiger partial charge on any atom is -0.443 e. The zero-order chi connectivity index (χ0) is 22.3. The van der Waals surface area contributed by atoms with Crippen molar-refractivity contribution in [3.8, 4) is 0 Å². The summed E-state index contributed by atoms with van der Waals surface area (Å²) in [6, 6.07) is 6.77. The van der Waals surface area contributed by atoms with Crippen LogP contribution in [0.15, 0.2) is 30.5 Å². The number of hydrogen-bond donors (Lipinski definition) is 0. The Morgan fingerprint density at radius 3 is 2.68 bits per heavy atom. The van der Waals surface area contributed by atoms with Crippen LogP contribution in [0.25, 0.3) is 16.6 Å². The SMILES string of the molecule is C[C@H]1CC=C(c2ccc3cn(C4CCN(C)C[C@@H]4C)nc3c2)N(C(=O)OC(C)(C)C)C1. The predicted molar refractivity (Wildman–Crippen MR) is 125 cm³/mol. The third-order valence-corrected chi connectivity index (χ3v) is 6.34. The maximum Gasteiger partial charge on any atom is 0.414 e. The number of rotatable bonds is 2. The number of ether oxygens (including phenoxy) is 1. The average molecular weight is 425 g/mol. The highest BCUT2D eigenvalue weighted by Crippen LogP contribution is 2.32. The van der Waals surface area contributed by atoms with Crippen molar-refractivity contribution in [3.05, 3.63) is 36.0 Å². The van der Waals surface area contributed by atoms with E-state index in [1.165, 1.54) is 0 Å². The van der Waals surface area contributed by atoms with E-state index in [1.54, 1.807) is 4.90 Å². The van der Waals surface area contributed by atoms with Crippen LogP contribution in [0.2, 0.25) is 0 Å². The van der Waals surface area contributed by atoms with Crippen LogP contribution in [0.5, 0.6) is 0 Å². The van der Waals surface area contributed by atoms with E-state index in [0.717, 1.165) is 48.1 Å². The van der Waals surface area contributed by atoms with Crippen LogP contribution in [0, 0.1) is 11.8 Å². The summed E-state index contributed by atoms with van der Waals surface area (Å²) in [5.74, 6) is 0.975. The van der Waals surface area contributed by atoms with Gasteiger partial charge in [-0.25, -0.2) is 4.79 Å². The number of hydrogen-bond acceptors (Lipinski definition) is 4. The first-order valence-corrected chi connectivity index (χ1v) is 11.5. The Labute approximate surface area is 185 Å². The molecule has 0 spiro atoms. The van der Waals surface area contributed by atoms with Gasteiger partial charge in [0.05, 0.1) is 17.3 Å². The summed E-state index contributed by atoms with van der Waals surface area (Å²) >= 11 is 0. The number of carbonyl (C=O) groups excluding carboxylic acids is 1. The zero-order valence-electron chi connectivity index (χ0n) is 19.8. The minimum atomic E-state index is -0.517. The summed E-state index contributed by atoms with van der Waals surface area (Å²) in [5.41, 5.74) is 2.41. The molecule has 0 radical (unpaired) electrons. The molecule has 2 aliphatic rings. The molecule has 168 valence electrons. The van der Waals surface area contributed by atoms with E-state index in [2.05, 4.69) is 60.9 Å². The number of benzene rings is 1. The molecule has 0 saturated carbocycles. The maximum atomic E-state index is 12.9. The first-order chi connectivity index (χ1) is 14.6. The highest BCUT2D eigenvalue weighted by Gasteiger charge is 2.30. The second-order valence-electron chi connectivity index (χ2n) is 10.5. The van der Waals surface area contributed by atoms with Crippen LogP contribution in [-0.4, -0.2) is 58.0 Å². The van der Waals surface area contributed by atoms with Crippen LogP contribution in [0.4, 0.5) is 4.79 Å². The van der Waals surface area contributed by atoms with Gasteiger partial charge in [-0.1, -0.05) is 32.1 Å². The first-order valence-electron chi connectivity index (χ1n) is 11.5. The van der Waals surface area contributed by atoms with Gasteiger partial charge < -0.3 is 9.64 Å². The number of amides is 1. The summed E-state index contributed by atoms with van der Waals surface area (Å²) in [6.07, 6.45) is 6.13. The molecule has 0 N–H and O–H groups in total. The van der Waals surface area contributed by atoms with Crippen molar-refractivity contribution in [1.82, 2.24) is 19.6 Å². The van der Waals surface area contributed by atoms with Gasteiger partial charge in [-0.05, 0) is 65.1 Å². The molecule has 6 nitrogen and oxygen atoms in total. The molecule has 1 amide bonds. The van der Waals surface area contributed by atoms with Crippen LogP contribution in [-0.2, 0) is 4.74 Å². The number of aromatic nitrogens is 2. The normalized spacial score (nSPS) is 25.5. The number of allylic oxidation sites excluding steroid dienone is 1. The molecule has 1 aromatic heterocycles. The molecule has 3 heterocycles. The van der Waals surface area contributed by atoms with E-state index < -0.39 is 5.60 Å². The molecule has 2 aromatic rings. The van der Waals surface area contributed by atoms with Gasteiger partial charge in [0.15, 0.2) is 0 Å². The van der Waals surface area contributed by atoms with Crippen molar-refractivity contribution in [2.75, 3.05) is 26.7 Å². The highest BCUT2D eigenvalue weighted by atomic mass is 16.6. The lowest BCUT2D eigenvalue weighted by Crippen LogP contribution is -2.39. The number of piperidine rings is 1. The van der Waals surface area contributed by atoms with E-state index in [9.17, 15) is 4.79 Å². The molecule has 1 aromatic carbocycles. The van der Waals surface area contributed by atoms with E-state index in [0.29, 0.717) is 24.4 Å². The Balaban J connectivity index is 1.63. The first kappa shape index (κ1) is 21.9. The van der Waals surface area contributed by atoms with Crippen LogP contribution >= 0.6 is 0 Å². The Morgan fingerprint density at radius 2 is 1.97 bits per heavy atom. The smallest absolute Gasteiger partial charge is 0.414 e. The van der Waals surface area contributed by atoms with Gasteiger partial charge in [-0.3, -0.25) is 9.58 Å². The Kier molecular flexibility index (Phi) is 5.86. The van der Waals surface area contributed by atoms with Gasteiger partial charge >= 0.3 is 6.09 Å². The largest absolute Gasteiger partial charge is 0.443 e. The number of nitrogens with zero attached hydrogens (tertiary/aromatic N) is 4. The van der Waals surface area contributed by atoms with Gasteiger partial charge in [0, 0.05) is 30.2 Å². The lowest BCUT2D eigenvalue weighted by Gasteiger charge is -2.34. The Morgan fingerprint density at radius 1 is 1.19 bits per heavy atom. The average Bonchev–Trinajstić information content (AvgIpc) is 3.09. The number of likely N-dealkylation sites (tertiary alicyclic amines) is 1. The van der Waals surface area contributed by atoms with Crippen molar-refractivity contribution in [2.24, 2.45) is 11.8 Å². The van der Waals surface area contributed by atoms with E-state index in [4.69, 9.17) is 9.84 Å². The summed E-state index contributed by atoms with van der Waals surface area (Å²) in [7, 11) is 2.19. The quantitative estimate of drug-likeness (QED) is 0.668. The second-order valence-corrected chi connectivity index (χ2v) is 10.5. The van der Waals surface area contributed by atoms with E-state index in [1.807, 2.05) is 20.8 Å². The fourth-order valence-corrected chi connectivity index (χ4v) is 4.77. The molecule has 3 atom stereocenters. The Hall–Kier alpha value is -2.34. The van der Waals surface area contributed by atoms with Crippen molar-refractivity contribution in [2.45, 2.75) is 59.1 Å². The summed E-state index contributed by atoms with van der Waals surface area (Å²) in [4.78, 5) is 17.1. The molecule has 1 fully saturated rings. The number of carbonyl (C=O) groups is 1. The Bertz CT molecular complexity index is 987. The lowest BCUT2D eigenvalue weighted by atomic mass is 9.94. The van der Waals surface area contributed by atoms with Crippen LogP contribution < -0.4 is 0 Å². The molecule has 1 unspecified atom stereocenters. The predicted octanol–water partition coefficient (Wildman–Crippen LogP) is 5.17. The van der Waals surface area contributed by atoms with Gasteiger partial charge in [0.1, 0.15) is 5.60 Å². The molecule has 6 heteroatoms. The summed E-state index contributed by atoms with van der Waals surface area (Å²) < 4.78 is 7.85. The maximum absolute atomic E-state index is 12.9. The molecule has 1 saturated heterocycles. The molecule has 4 rings (SSSR count). The van der Waals surface area contributed by atoms with E-state index in [-0.39, 0.29) is 6.09 Å². The minimum absolute atomic E-state index is 0.281. The van der Waals surface area contributed by atoms with Crippen molar-refractivity contribution in [3.63, 3.8) is 0 Å². The van der Waals surface area contributed by atoms with Gasteiger partial charge in [0.25, 0.3) is 0 Å². The lowest BCUT2D eigenvalue weighted by molar-refractivity contribution is 0.0327. The van der Waals surface area contributed by atoms with Crippen LogP contribution in [0.1, 0.15) is 59.1 Å². The van der Waals surface area contributed by atoms with Crippen molar-refractivity contribution < 1.29 is 9.53 Å².